The van der Waals surface area contributed by atoms with Crippen LogP contribution in [0.5, 0.6) is 0 Å². The molecule has 3 rings (SSSR count). The molecule has 0 bridgehead atoms. The highest BCUT2D eigenvalue weighted by Crippen LogP contribution is 2.22. The smallest absolute Gasteiger partial charge is 0.231 e. The largest absolute Gasteiger partial charge is 0.339 e. The fourth-order valence-electron chi connectivity index (χ4n) is 2.26. The van der Waals surface area contributed by atoms with Crippen LogP contribution in [0.4, 0.5) is 0 Å². The van der Waals surface area contributed by atoms with Gasteiger partial charge in [0.1, 0.15) is 0 Å². The number of piperidine rings is 1. The second kappa shape index (κ2) is 5.27. The van der Waals surface area contributed by atoms with Gasteiger partial charge in [0.15, 0.2) is 5.82 Å². The van der Waals surface area contributed by atoms with Crippen molar-refractivity contribution in [1.82, 2.24) is 20.4 Å². The van der Waals surface area contributed by atoms with E-state index in [0.29, 0.717) is 18.2 Å². The van der Waals surface area contributed by atoms with E-state index in [-0.39, 0.29) is 0 Å². The van der Waals surface area contributed by atoms with Crippen LogP contribution < -0.4 is 5.32 Å². The molecule has 2 aromatic heterocycles. The third-order valence-corrected chi connectivity index (χ3v) is 3.27. The molecule has 18 heavy (non-hydrogen) atoms. The van der Waals surface area contributed by atoms with E-state index < -0.39 is 0 Å². The SMILES string of the molecule is c1cncc(Cc2nc(C3CCNCC3)no2)c1. The average molecular weight is 244 g/mol. The molecule has 1 fully saturated rings. The molecule has 5 nitrogen and oxygen atoms in total. The Morgan fingerprint density at radius 2 is 2.22 bits per heavy atom. The van der Waals surface area contributed by atoms with Crippen LogP contribution in [0.25, 0.3) is 0 Å². The van der Waals surface area contributed by atoms with Crippen molar-refractivity contribution in [3.63, 3.8) is 0 Å². The van der Waals surface area contributed by atoms with Gasteiger partial charge in [-0.2, -0.15) is 4.98 Å². The molecule has 1 saturated heterocycles. The fourth-order valence-corrected chi connectivity index (χ4v) is 2.26. The lowest BCUT2D eigenvalue weighted by atomic mass is 9.98. The monoisotopic (exact) mass is 244 g/mol. The van der Waals surface area contributed by atoms with Gasteiger partial charge < -0.3 is 9.84 Å². The minimum Gasteiger partial charge on any atom is -0.339 e. The van der Waals surface area contributed by atoms with E-state index in [1.807, 2.05) is 18.3 Å². The Morgan fingerprint density at radius 3 is 3.00 bits per heavy atom. The van der Waals surface area contributed by atoms with E-state index >= 15 is 0 Å². The summed E-state index contributed by atoms with van der Waals surface area (Å²) in [5.74, 6) is 1.98. The molecule has 94 valence electrons. The van der Waals surface area contributed by atoms with Crippen molar-refractivity contribution in [3.05, 3.63) is 41.8 Å². The van der Waals surface area contributed by atoms with Crippen molar-refractivity contribution >= 4 is 0 Å². The van der Waals surface area contributed by atoms with E-state index in [1.54, 1.807) is 6.20 Å². The Hall–Kier alpha value is -1.75. The molecule has 0 atom stereocenters. The van der Waals surface area contributed by atoms with E-state index in [9.17, 15) is 0 Å². The van der Waals surface area contributed by atoms with Crippen molar-refractivity contribution in [2.24, 2.45) is 0 Å². The number of nitrogens with zero attached hydrogens (tertiary/aromatic N) is 3. The number of hydrogen-bond donors (Lipinski definition) is 1. The number of nitrogens with one attached hydrogen (secondary N) is 1. The summed E-state index contributed by atoms with van der Waals surface area (Å²) >= 11 is 0. The van der Waals surface area contributed by atoms with Gasteiger partial charge in [-0.15, -0.1) is 0 Å². The van der Waals surface area contributed by atoms with Crippen LogP contribution in [0.1, 0.15) is 36.0 Å². The first-order valence-corrected chi connectivity index (χ1v) is 6.34. The van der Waals surface area contributed by atoms with Gasteiger partial charge in [-0.1, -0.05) is 11.2 Å². The van der Waals surface area contributed by atoms with Crippen molar-refractivity contribution in [1.29, 1.82) is 0 Å². The molecule has 0 aliphatic carbocycles. The number of rotatable bonds is 3. The standard InChI is InChI=1S/C13H16N4O/c1-2-10(9-15-5-1)8-12-16-13(17-18-12)11-3-6-14-7-4-11/h1-2,5,9,11,14H,3-4,6-8H2. The summed E-state index contributed by atoms with van der Waals surface area (Å²) in [6.07, 6.45) is 6.43. The molecule has 0 aromatic carbocycles. The Morgan fingerprint density at radius 1 is 1.33 bits per heavy atom. The predicted molar refractivity (Wildman–Crippen MR) is 66.2 cm³/mol. The van der Waals surface area contributed by atoms with Gasteiger partial charge in [-0.05, 0) is 37.6 Å². The van der Waals surface area contributed by atoms with Gasteiger partial charge in [-0.3, -0.25) is 4.98 Å². The van der Waals surface area contributed by atoms with Crippen LogP contribution in [0.3, 0.4) is 0 Å². The quantitative estimate of drug-likeness (QED) is 0.887. The van der Waals surface area contributed by atoms with Gasteiger partial charge in [0.25, 0.3) is 0 Å². The molecule has 1 N–H and O–H groups in total. The second-order valence-corrected chi connectivity index (χ2v) is 4.61. The number of aromatic nitrogens is 3. The lowest BCUT2D eigenvalue weighted by Gasteiger charge is -2.18. The normalized spacial score (nSPS) is 16.9. The lowest BCUT2D eigenvalue weighted by Crippen LogP contribution is -2.27. The first kappa shape index (κ1) is 11.3. The summed E-state index contributed by atoms with van der Waals surface area (Å²) in [6, 6.07) is 3.93. The third-order valence-electron chi connectivity index (χ3n) is 3.27. The molecule has 0 amide bonds. The average Bonchev–Trinajstić information content (AvgIpc) is 2.89. The van der Waals surface area contributed by atoms with Crippen LogP contribution in [0, 0.1) is 0 Å². The molecule has 0 spiro atoms. The highest BCUT2D eigenvalue weighted by molar-refractivity contribution is 5.13. The van der Waals surface area contributed by atoms with Gasteiger partial charge in [0.05, 0.1) is 6.42 Å². The van der Waals surface area contributed by atoms with E-state index in [1.165, 1.54) is 0 Å². The van der Waals surface area contributed by atoms with Crippen molar-refractivity contribution < 1.29 is 4.52 Å². The zero-order valence-corrected chi connectivity index (χ0v) is 10.2. The maximum Gasteiger partial charge on any atom is 0.231 e. The van der Waals surface area contributed by atoms with E-state index in [0.717, 1.165) is 37.3 Å². The topological polar surface area (TPSA) is 63.8 Å². The van der Waals surface area contributed by atoms with Crippen LogP contribution in [0.2, 0.25) is 0 Å². The van der Waals surface area contributed by atoms with E-state index in [2.05, 4.69) is 20.4 Å². The molecule has 2 aromatic rings. The highest BCUT2D eigenvalue weighted by atomic mass is 16.5. The van der Waals surface area contributed by atoms with Gasteiger partial charge in [0, 0.05) is 18.3 Å². The van der Waals surface area contributed by atoms with Crippen LogP contribution >= 0.6 is 0 Å². The molecule has 0 saturated carbocycles. The number of pyridine rings is 1. The zero-order chi connectivity index (χ0) is 12.2. The lowest BCUT2D eigenvalue weighted by molar-refractivity contribution is 0.365. The maximum absolute atomic E-state index is 5.31. The summed E-state index contributed by atoms with van der Waals surface area (Å²) < 4.78 is 5.31. The summed E-state index contributed by atoms with van der Waals surface area (Å²) in [6.45, 7) is 2.08. The summed E-state index contributed by atoms with van der Waals surface area (Å²) in [5.41, 5.74) is 1.10. The predicted octanol–water partition coefficient (Wildman–Crippen LogP) is 1.52. The Bertz CT molecular complexity index is 491. The Kier molecular flexibility index (Phi) is 3.32. The van der Waals surface area contributed by atoms with E-state index in [4.69, 9.17) is 4.52 Å². The molecule has 1 aliphatic heterocycles. The zero-order valence-electron chi connectivity index (χ0n) is 10.2. The fraction of sp³-hybridized carbons (Fsp3) is 0.462. The highest BCUT2D eigenvalue weighted by Gasteiger charge is 2.20. The minimum atomic E-state index is 0.442. The summed E-state index contributed by atoms with van der Waals surface area (Å²) in [4.78, 5) is 8.58. The summed E-state index contributed by atoms with van der Waals surface area (Å²) in [7, 11) is 0. The minimum absolute atomic E-state index is 0.442. The second-order valence-electron chi connectivity index (χ2n) is 4.61. The molecule has 1 aliphatic rings. The van der Waals surface area contributed by atoms with Gasteiger partial charge in [-0.25, -0.2) is 0 Å². The van der Waals surface area contributed by atoms with Gasteiger partial charge in [0.2, 0.25) is 5.89 Å². The first-order chi connectivity index (χ1) is 8.92. The summed E-state index contributed by atoms with van der Waals surface area (Å²) in [5, 5.41) is 7.44. The van der Waals surface area contributed by atoms with Crippen molar-refractivity contribution in [2.75, 3.05) is 13.1 Å². The maximum atomic E-state index is 5.31. The number of hydrogen-bond acceptors (Lipinski definition) is 5. The Labute approximate surface area is 106 Å². The molecular weight excluding hydrogens is 228 g/mol. The van der Waals surface area contributed by atoms with Gasteiger partial charge >= 0.3 is 0 Å². The molecule has 0 unspecified atom stereocenters. The van der Waals surface area contributed by atoms with Crippen LogP contribution in [-0.4, -0.2) is 28.2 Å². The first-order valence-electron chi connectivity index (χ1n) is 6.34. The molecule has 3 heterocycles. The van der Waals surface area contributed by atoms with Crippen LogP contribution in [0.15, 0.2) is 29.0 Å². The molecule has 5 heteroatoms. The van der Waals surface area contributed by atoms with Crippen molar-refractivity contribution in [2.45, 2.75) is 25.2 Å². The Balaban J connectivity index is 1.69. The van der Waals surface area contributed by atoms with Crippen LogP contribution in [-0.2, 0) is 6.42 Å². The third kappa shape index (κ3) is 2.56. The molecular formula is C13H16N4O. The van der Waals surface area contributed by atoms with Crippen molar-refractivity contribution in [3.8, 4) is 0 Å². The molecule has 0 radical (unpaired) electrons.